The molecule has 2 rings (SSSR count). The number of hydrogen-bond donors (Lipinski definition) is 1. The van der Waals surface area contributed by atoms with Crippen LogP contribution in [0.2, 0.25) is 0 Å². The minimum atomic E-state index is 0.274. The molecule has 0 heterocycles. The summed E-state index contributed by atoms with van der Waals surface area (Å²) in [6.07, 6.45) is 9.20. The average Bonchev–Trinajstić information content (AvgIpc) is 3.08. The molecule has 0 amide bonds. The van der Waals surface area contributed by atoms with Gasteiger partial charge in [0.2, 0.25) is 0 Å². The molecule has 2 aliphatic rings. The third-order valence-electron chi connectivity index (χ3n) is 4.24. The maximum atomic E-state index is 5.09. The van der Waals surface area contributed by atoms with E-state index in [0.29, 0.717) is 0 Å². The Morgan fingerprint density at radius 2 is 1.94 bits per heavy atom. The highest BCUT2D eigenvalue weighted by molar-refractivity contribution is 8.00. The molecule has 0 spiro atoms. The average molecular weight is 257 g/mol. The van der Waals surface area contributed by atoms with Gasteiger partial charge >= 0.3 is 0 Å². The fourth-order valence-electron chi connectivity index (χ4n) is 2.67. The maximum Gasteiger partial charge on any atom is 0.0196 e. The summed E-state index contributed by atoms with van der Waals surface area (Å²) in [4.78, 5) is 0. The molecule has 0 aliphatic heterocycles. The molecule has 2 heteroatoms. The molecule has 1 radical (unpaired) electrons. The highest BCUT2D eigenvalue weighted by Gasteiger charge is 2.47. The molecule has 0 saturated heterocycles. The normalized spacial score (nSPS) is 28.5. The lowest BCUT2D eigenvalue weighted by atomic mass is 9.82. The van der Waals surface area contributed by atoms with E-state index in [2.05, 4.69) is 39.0 Å². The van der Waals surface area contributed by atoms with Gasteiger partial charge in [-0.25, -0.2) is 0 Å². The van der Waals surface area contributed by atoms with Crippen molar-refractivity contribution in [3.05, 3.63) is 6.42 Å². The van der Waals surface area contributed by atoms with Crippen LogP contribution in [0.1, 0.15) is 52.9 Å². The summed E-state index contributed by atoms with van der Waals surface area (Å²) in [5.74, 6) is 1.61. The summed E-state index contributed by atoms with van der Waals surface area (Å²) in [5, 5.41) is 1.74. The van der Waals surface area contributed by atoms with Crippen LogP contribution in [0.4, 0.5) is 0 Å². The Morgan fingerprint density at radius 1 is 1.31 bits per heavy atom. The van der Waals surface area contributed by atoms with Crippen LogP contribution in [0.15, 0.2) is 0 Å². The standard InChI is InChI=1S/C14H25S2/c1-4-9-14(15,12-5-6-12)10(2)11(3)16-13-7-8-13/h4,10-13,15H,5-9H2,1-3H3. The molecule has 2 fully saturated rings. The van der Waals surface area contributed by atoms with Gasteiger partial charge in [0.1, 0.15) is 0 Å². The summed E-state index contributed by atoms with van der Waals surface area (Å²) < 4.78 is 0.274. The zero-order valence-corrected chi connectivity index (χ0v) is 12.5. The van der Waals surface area contributed by atoms with Crippen LogP contribution < -0.4 is 0 Å². The summed E-state index contributed by atoms with van der Waals surface area (Å²) >= 11 is 7.30. The molecule has 3 atom stereocenters. The van der Waals surface area contributed by atoms with Crippen LogP contribution >= 0.6 is 24.4 Å². The Labute approximate surface area is 111 Å². The number of hydrogen-bond acceptors (Lipinski definition) is 2. The van der Waals surface area contributed by atoms with Crippen molar-refractivity contribution in [1.82, 2.24) is 0 Å². The molecule has 0 bridgehead atoms. The molecule has 0 aromatic heterocycles. The van der Waals surface area contributed by atoms with Crippen LogP contribution in [0.5, 0.6) is 0 Å². The van der Waals surface area contributed by atoms with Crippen LogP contribution in [0.25, 0.3) is 0 Å². The van der Waals surface area contributed by atoms with Gasteiger partial charge in [-0.1, -0.05) is 20.8 Å². The number of rotatable bonds is 7. The topological polar surface area (TPSA) is 0 Å². The van der Waals surface area contributed by atoms with E-state index in [0.717, 1.165) is 22.3 Å². The molecule has 2 aliphatic carbocycles. The van der Waals surface area contributed by atoms with Crippen LogP contribution in [0.3, 0.4) is 0 Å². The van der Waals surface area contributed by atoms with Crippen molar-refractivity contribution in [3.8, 4) is 0 Å². The first-order valence-electron chi connectivity index (χ1n) is 6.73. The van der Waals surface area contributed by atoms with Crippen molar-refractivity contribution in [2.75, 3.05) is 0 Å². The second-order valence-electron chi connectivity index (χ2n) is 5.71. The van der Waals surface area contributed by atoms with Crippen molar-refractivity contribution in [3.63, 3.8) is 0 Å². The molecular formula is C14H25S2. The van der Waals surface area contributed by atoms with Gasteiger partial charge in [0.05, 0.1) is 0 Å². The van der Waals surface area contributed by atoms with E-state index in [1.807, 2.05) is 0 Å². The minimum absolute atomic E-state index is 0.274. The van der Waals surface area contributed by atoms with Gasteiger partial charge in [-0.3, -0.25) is 0 Å². The van der Waals surface area contributed by atoms with Gasteiger partial charge in [0.25, 0.3) is 0 Å². The van der Waals surface area contributed by atoms with Gasteiger partial charge in [0, 0.05) is 15.2 Å². The summed E-state index contributed by atoms with van der Waals surface area (Å²) in [6, 6.07) is 0. The zero-order valence-electron chi connectivity index (χ0n) is 10.8. The first-order valence-corrected chi connectivity index (χ1v) is 8.12. The molecular weight excluding hydrogens is 232 g/mol. The Hall–Kier alpha value is 0.700. The van der Waals surface area contributed by atoms with Crippen molar-refractivity contribution < 1.29 is 0 Å². The van der Waals surface area contributed by atoms with Crippen LogP contribution in [0, 0.1) is 18.3 Å². The SMILES string of the molecule is C[CH]CC(S)(C1CC1)C(C)C(C)SC1CC1. The Bertz CT molecular complexity index is 233. The van der Waals surface area contributed by atoms with Crippen LogP contribution in [-0.4, -0.2) is 15.2 Å². The predicted molar refractivity (Wildman–Crippen MR) is 78.3 cm³/mol. The molecule has 3 unspecified atom stereocenters. The lowest BCUT2D eigenvalue weighted by Crippen LogP contribution is -2.38. The highest BCUT2D eigenvalue weighted by atomic mass is 32.2. The van der Waals surface area contributed by atoms with Crippen molar-refractivity contribution in [1.29, 1.82) is 0 Å². The molecule has 93 valence electrons. The third-order valence-corrected chi connectivity index (χ3v) is 6.89. The molecule has 16 heavy (non-hydrogen) atoms. The van der Waals surface area contributed by atoms with Crippen molar-refractivity contribution >= 4 is 24.4 Å². The Morgan fingerprint density at radius 3 is 2.38 bits per heavy atom. The van der Waals surface area contributed by atoms with E-state index in [1.54, 1.807) is 0 Å². The van der Waals surface area contributed by atoms with Crippen molar-refractivity contribution in [2.45, 2.75) is 68.1 Å². The fourth-order valence-corrected chi connectivity index (χ4v) is 4.93. The first kappa shape index (κ1) is 13.1. The van der Waals surface area contributed by atoms with Crippen molar-refractivity contribution in [2.24, 2.45) is 11.8 Å². The number of thioether (sulfide) groups is 1. The van der Waals surface area contributed by atoms with Gasteiger partial charge in [-0.2, -0.15) is 24.4 Å². The van der Waals surface area contributed by atoms with Crippen LogP contribution in [-0.2, 0) is 0 Å². The monoisotopic (exact) mass is 257 g/mol. The number of thiol groups is 1. The largest absolute Gasteiger partial charge is 0.172 e. The molecule has 0 nitrogen and oxygen atoms in total. The minimum Gasteiger partial charge on any atom is -0.172 e. The van der Waals surface area contributed by atoms with Gasteiger partial charge < -0.3 is 0 Å². The Balaban J connectivity index is 1.94. The molecule has 0 aromatic rings. The fraction of sp³-hybridized carbons (Fsp3) is 0.929. The maximum absolute atomic E-state index is 5.09. The summed E-state index contributed by atoms with van der Waals surface area (Å²) in [7, 11) is 0. The quantitative estimate of drug-likeness (QED) is 0.650. The lowest BCUT2D eigenvalue weighted by Gasteiger charge is -2.38. The smallest absolute Gasteiger partial charge is 0.0196 e. The lowest BCUT2D eigenvalue weighted by molar-refractivity contribution is 0.359. The van der Waals surface area contributed by atoms with E-state index in [1.165, 1.54) is 32.1 Å². The van der Waals surface area contributed by atoms with E-state index >= 15 is 0 Å². The van der Waals surface area contributed by atoms with Gasteiger partial charge in [0.15, 0.2) is 0 Å². The molecule has 2 saturated carbocycles. The van der Waals surface area contributed by atoms with E-state index in [-0.39, 0.29) is 4.75 Å². The molecule has 0 aromatic carbocycles. The highest BCUT2D eigenvalue weighted by Crippen LogP contribution is 2.53. The molecule has 0 N–H and O–H groups in total. The van der Waals surface area contributed by atoms with E-state index in [9.17, 15) is 0 Å². The Kier molecular flexibility index (Phi) is 4.22. The van der Waals surface area contributed by atoms with E-state index in [4.69, 9.17) is 12.6 Å². The summed E-state index contributed by atoms with van der Waals surface area (Å²) in [5.41, 5.74) is 0. The predicted octanol–water partition coefficient (Wildman–Crippen LogP) is 4.60. The second-order valence-corrected chi connectivity index (χ2v) is 8.22. The third kappa shape index (κ3) is 2.93. The van der Waals surface area contributed by atoms with Gasteiger partial charge in [-0.15, -0.1) is 0 Å². The first-order chi connectivity index (χ1) is 7.58. The summed E-state index contributed by atoms with van der Waals surface area (Å²) in [6.45, 7) is 7.02. The zero-order chi connectivity index (χ0) is 11.8. The van der Waals surface area contributed by atoms with Gasteiger partial charge in [-0.05, 0) is 50.4 Å². The second kappa shape index (κ2) is 5.14. The van der Waals surface area contributed by atoms with E-state index < -0.39 is 0 Å².